The molecule has 2 aromatic rings. The molecule has 0 fully saturated rings. The van der Waals surface area contributed by atoms with Gasteiger partial charge < -0.3 is 4.74 Å². The highest BCUT2D eigenvalue weighted by molar-refractivity contribution is 9.10. The van der Waals surface area contributed by atoms with Crippen LogP contribution in [0.5, 0.6) is 5.75 Å². The average Bonchev–Trinajstić information content (AvgIpc) is 2.38. The summed E-state index contributed by atoms with van der Waals surface area (Å²) in [5.41, 5.74) is 1.26. The Hall–Kier alpha value is -1.68. The molecule has 0 unspecified atom stereocenters. The fourth-order valence-corrected chi connectivity index (χ4v) is 1.90. The van der Waals surface area contributed by atoms with Crippen LogP contribution in [0.1, 0.15) is 15.9 Å². The molecular weight excluding hydrogens is 311 g/mol. The molecule has 2 rings (SSSR count). The number of hydrogen-bond acceptors (Lipinski definition) is 2. The second-order valence-electron chi connectivity index (χ2n) is 4.13. The van der Waals surface area contributed by atoms with Crippen molar-refractivity contribution in [1.29, 1.82) is 0 Å². The molecule has 0 bridgehead atoms. The Balaban J connectivity index is 2.02. The number of hydrogen-bond donors (Lipinski definition) is 0. The number of carbonyl (C=O) groups excluding carboxylic acids is 1. The normalized spacial score (nSPS) is 10.3. The fraction of sp³-hybridized carbons (Fsp3) is 0.133. The second-order valence-corrected chi connectivity index (χ2v) is 5.04. The summed E-state index contributed by atoms with van der Waals surface area (Å²) < 4.78 is 19.2. The van der Waals surface area contributed by atoms with E-state index in [2.05, 4.69) is 15.9 Å². The monoisotopic (exact) mass is 322 g/mol. The Morgan fingerprint density at radius 2 is 1.89 bits per heavy atom. The number of ketones is 1. The standard InChI is InChI=1S/C15H12BrFO2/c1-10-8-13(17)6-7-15(10)19-9-14(18)11-2-4-12(16)5-3-11/h2-8H,9H2,1H3. The number of benzene rings is 2. The van der Waals surface area contributed by atoms with Crippen LogP contribution in [0.2, 0.25) is 0 Å². The first-order valence-electron chi connectivity index (χ1n) is 5.74. The zero-order valence-electron chi connectivity index (χ0n) is 10.3. The molecule has 0 radical (unpaired) electrons. The smallest absolute Gasteiger partial charge is 0.200 e. The van der Waals surface area contributed by atoms with Crippen molar-refractivity contribution in [2.45, 2.75) is 6.92 Å². The maximum atomic E-state index is 12.9. The van der Waals surface area contributed by atoms with E-state index in [1.807, 2.05) is 0 Å². The predicted molar refractivity (Wildman–Crippen MR) is 75.1 cm³/mol. The lowest BCUT2D eigenvalue weighted by atomic mass is 10.1. The Morgan fingerprint density at radius 3 is 2.53 bits per heavy atom. The highest BCUT2D eigenvalue weighted by atomic mass is 79.9. The third-order valence-electron chi connectivity index (χ3n) is 2.66. The van der Waals surface area contributed by atoms with Crippen molar-refractivity contribution in [3.63, 3.8) is 0 Å². The minimum Gasteiger partial charge on any atom is -0.485 e. The van der Waals surface area contributed by atoms with Gasteiger partial charge in [0.1, 0.15) is 11.6 Å². The van der Waals surface area contributed by atoms with Gasteiger partial charge in [0.25, 0.3) is 0 Å². The van der Waals surface area contributed by atoms with E-state index in [0.717, 1.165) is 4.47 Å². The van der Waals surface area contributed by atoms with E-state index < -0.39 is 0 Å². The number of Topliss-reactive ketones (excluding diaryl/α,β-unsaturated/α-hetero) is 1. The minimum absolute atomic E-state index is 0.0614. The molecule has 0 saturated heterocycles. The zero-order valence-corrected chi connectivity index (χ0v) is 11.9. The van der Waals surface area contributed by atoms with Crippen LogP contribution in [0, 0.1) is 12.7 Å². The van der Waals surface area contributed by atoms with Gasteiger partial charge in [-0.1, -0.05) is 28.1 Å². The van der Waals surface area contributed by atoms with Gasteiger partial charge in [0, 0.05) is 10.0 Å². The molecule has 2 aromatic carbocycles. The van der Waals surface area contributed by atoms with Gasteiger partial charge in [-0.15, -0.1) is 0 Å². The quantitative estimate of drug-likeness (QED) is 0.790. The third-order valence-corrected chi connectivity index (χ3v) is 3.19. The third kappa shape index (κ3) is 3.64. The lowest BCUT2D eigenvalue weighted by Gasteiger charge is -2.08. The van der Waals surface area contributed by atoms with E-state index in [-0.39, 0.29) is 18.2 Å². The molecule has 4 heteroatoms. The number of rotatable bonds is 4. The van der Waals surface area contributed by atoms with E-state index in [1.165, 1.54) is 18.2 Å². The van der Waals surface area contributed by atoms with Gasteiger partial charge in [-0.05, 0) is 42.8 Å². The molecule has 0 N–H and O–H groups in total. The molecule has 0 aromatic heterocycles. The van der Waals surface area contributed by atoms with E-state index in [1.54, 1.807) is 31.2 Å². The van der Waals surface area contributed by atoms with Gasteiger partial charge in [-0.3, -0.25) is 4.79 Å². The molecular formula is C15H12BrFO2. The van der Waals surface area contributed by atoms with E-state index in [0.29, 0.717) is 16.9 Å². The van der Waals surface area contributed by atoms with Crippen LogP contribution in [-0.4, -0.2) is 12.4 Å². The molecule has 0 spiro atoms. The fourth-order valence-electron chi connectivity index (χ4n) is 1.64. The first-order valence-corrected chi connectivity index (χ1v) is 6.53. The molecule has 0 aliphatic rings. The molecule has 98 valence electrons. The Labute approximate surface area is 119 Å². The maximum absolute atomic E-state index is 12.9. The van der Waals surface area contributed by atoms with Crippen molar-refractivity contribution < 1.29 is 13.9 Å². The molecule has 0 amide bonds. The SMILES string of the molecule is Cc1cc(F)ccc1OCC(=O)c1ccc(Br)cc1. The first kappa shape index (κ1) is 13.7. The van der Waals surface area contributed by atoms with Gasteiger partial charge in [-0.25, -0.2) is 4.39 Å². The first-order chi connectivity index (χ1) is 9.06. The van der Waals surface area contributed by atoms with Crippen molar-refractivity contribution in [2.24, 2.45) is 0 Å². The van der Waals surface area contributed by atoms with Gasteiger partial charge in [0.15, 0.2) is 12.4 Å². The molecule has 2 nitrogen and oxygen atoms in total. The maximum Gasteiger partial charge on any atom is 0.200 e. The van der Waals surface area contributed by atoms with E-state index in [9.17, 15) is 9.18 Å². The summed E-state index contributed by atoms with van der Waals surface area (Å²) in [4.78, 5) is 11.9. The summed E-state index contributed by atoms with van der Waals surface area (Å²) >= 11 is 3.31. The van der Waals surface area contributed by atoms with Crippen molar-refractivity contribution in [1.82, 2.24) is 0 Å². The number of halogens is 2. The summed E-state index contributed by atoms with van der Waals surface area (Å²) in [6.45, 7) is 1.68. The highest BCUT2D eigenvalue weighted by Gasteiger charge is 2.08. The summed E-state index contributed by atoms with van der Waals surface area (Å²) in [7, 11) is 0. The molecule has 0 atom stereocenters. The summed E-state index contributed by atoms with van der Waals surface area (Å²) in [5, 5.41) is 0. The lowest BCUT2D eigenvalue weighted by Crippen LogP contribution is -2.12. The van der Waals surface area contributed by atoms with Crippen LogP contribution in [0.15, 0.2) is 46.9 Å². The molecule has 19 heavy (non-hydrogen) atoms. The van der Waals surface area contributed by atoms with E-state index >= 15 is 0 Å². The number of carbonyl (C=O) groups is 1. The van der Waals surface area contributed by atoms with Crippen LogP contribution in [-0.2, 0) is 0 Å². The Kier molecular flexibility index (Phi) is 4.32. The van der Waals surface area contributed by atoms with Gasteiger partial charge >= 0.3 is 0 Å². The van der Waals surface area contributed by atoms with Crippen LogP contribution in [0.4, 0.5) is 4.39 Å². The molecule has 0 heterocycles. The van der Waals surface area contributed by atoms with Gasteiger partial charge in [0.05, 0.1) is 0 Å². The second kappa shape index (κ2) is 5.97. The molecule has 0 aliphatic carbocycles. The summed E-state index contributed by atoms with van der Waals surface area (Å²) in [5.74, 6) is 0.0900. The van der Waals surface area contributed by atoms with Gasteiger partial charge in [0.2, 0.25) is 0 Å². The lowest BCUT2D eigenvalue weighted by molar-refractivity contribution is 0.0921. The minimum atomic E-state index is -0.316. The summed E-state index contributed by atoms with van der Waals surface area (Å²) in [6.07, 6.45) is 0. The van der Waals surface area contributed by atoms with Crippen molar-refractivity contribution >= 4 is 21.7 Å². The number of aryl methyl sites for hydroxylation is 1. The van der Waals surface area contributed by atoms with Crippen LogP contribution in [0.3, 0.4) is 0 Å². The Bertz CT molecular complexity index is 594. The molecule has 0 aliphatic heterocycles. The van der Waals surface area contributed by atoms with Crippen LogP contribution >= 0.6 is 15.9 Å². The van der Waals surface area contributed by atoms with Crippen molar-refractivity contribution in [2.75, 3.05) is 6.61 Å². The van der Waals surface area contributed by atoms with E-state index in [4.69, 9.17) is 4.74 Å². The molecule has 0 saturated carbocycles. The zero-order chi connectivity index (χ0) is 13.8. The predicted octanol–water partition coefficient (Wildman–Crippen LogP) is 4.16. The average molecular weight is 323 g/mol. The van der Waals surface area contributed by atoms with Crippen molar-refractivity contribution in [3.05, 3.63) is 63.9 Å². The Morgan fingerprint density at radius 1 is 1.21 bits per heavy atom. The topological polar surface area (TPSA) is 26.3 Å². The largest absolute Gasteiger partial charge is 0.485 e. The summed E-state index contributed by atoms with van der Waals surface area (Å²) in [6, 6.07) is 11.3. The van der Waals surface area contributed by atoms with Crippen molar-refractivity contribution in [3.8, 4) is 5.75 Å². The van der Waals surface area contributed by atoms with Gasteiger partial charge in [-0.2, -0.15) is 0 Å². The number of ether oxygens (including phenoxy) is 1. The van der Waals surface area contributed by atoms with Crippen LogP contribution in [0.25, 0.3) is 0 Å². The van der Waals surface area contributed by atoms with Crippen LogP contribution < -0.4 is 4.74 Å². The highest BCUT2D eigenvalue weighted by Crippen LogP contribution is 2.19.